The fourth-order valence-corrected chi connectivity index (χ4v) is 3.75. The average Bonchev–Trinajstić information content (AvgIpc) is 2.99. The van der Waals surface area contributed by atoms with Crippen LogP contribution in [0.5, 0.6) is 5.75 Å². The highest BCUT2D eigenvalue weighted by molar-refractivity contribution is 7.07. The molecule has 0 bridgehead atoms. The molecule has 2 heterocycles. The highest BCUT2D eigenvalue weighted by atomic mass is 32.1. The van der Waals surface area contributed by atoms with Crippen molar-refractivity contribution in [3.8, 4) is 5.75 Å². The first kappa shape index (κ1) is 13.7. The van der Waals surface area contributed by atoms with Gasteiger partial charge < -0.3 is 10.1 Å². The summed E-state index contributed by atoms with van der Waals surface area (Å²) in [7, 11) is 0. The minimum Gasteiger partial charge on any atom is -0.493 e. The fraction of sp³-hybridized carbons (Fsp3) is 0.412. The van der Waals surface area contributed by atoms with Crippen LogP contribution in [0.4, 0.5) is 0 Å². The quantitative estimate of drug-likeness (QED) is 0.902. The smallest absolute Gasteiger partial charge is 0.122 e. The predicted molar refractivity (Wildman–Crippen MR) is 84.8 cm³/mol. The average molecular weight is 287 g/mol. The molecule has 106 valence electrons. The number of fused-ring (bicyclic) bond motifs is 1. The first-order valence-electron chi connectivity index (χ1n) is 7.34. The van der Waals surface area contributed by atoms with E-state index in [9.17, 15) is 0 Å². The summed E-state index contributed by atoms with van der Waals surface area (Å²) < 4.78 is 5.79. The molecule has 20 heavy (non-hydrogen) atoms. The van der Waals surface area contributed by atoms with Gasteiger partial charge in [-0.15, -0.1) is 0 Å². The van der Waals surface area contributed by atoms with Gasteiger partial charge in [0.1, 0.15) is 5.75 Å². The van der Waals surface area contributed by atoms with Gasteiger partial charge in [-0.3, -0.25) is 0 Å². The third-order valence-electron chi connectivity index (χ3n) is 3.99. The molecule has 3 rings (SSSR count). The van der Waals surface area contributed by atoms with Crippen molar-refractivity contribution in [3.05, 3.63) is 52.2 Å². The summed E-state index contributed by atoms with van der Waals surface area (Å²) in [5.41, 5.74) is 2.80. The minimum atomic E-state index is 0.486. The van der Waals surface area contributed by atoms with Crippen molar-refractivity contribution in [3.63, 3.8) is 0 Å². The summed E-state index contributed by atoms with van der Waals surface area (Å²) in [6, 6.07) is 11.2. The molecule has 1 aliphatic heterocycles. The molecule has 1 aromatic carbocycles. The Morgan fingerprint density at radius 2 is 2.25 bits per heavy atom. The van der Waals surface area contributed by atoms with Gasteiger partial charge in [0, 0.05) is 12.0 Å². The molecule has 0 amide bonds. The Labute approximate surface area is 124 Å². The molecule has 0 spiro atoms. The van der Waals surface area contributed by atoms with Crippen molar-refractivity contribution in [2.75, 3.05) is 13.2 Å². The van der Waals surface area contributed by atoms with Crippen LogP contribution in [0.1, 0.15) is 30.4 Å². The topological polar surface area (TPSA) is 21.3 Å². The number of rotatable bonds is 5. The van der Waals surface area contributed by atoms with Crippen molar-refractivity contribution in [1.29, 1.82) is 0 Å². The first-order chi connectivity index (χ1) is 9.88. The Balaban J connectivity index is 1.84. The first-order valence-corrected chi connectivity index (χ1v) is 8.29. The normalized spacial score (nSPS) is 19.1. The molecule has 3 heteroatoms. The predicted octanol–water partition coefficient (Wildman–Crippen LogP) is 3.84. The van der Waals surface area contributed by atoms with Gasteiger partial charge in [0.25, 0.3) is 0 Å². The highest BCUT2D eigenvalue weighted by Gasteiger charge is 2.28. The van der Waals surface area contributed by atoms with Gasteiger partial charge >= 0.3 is 0 Å². The summed E-state index contributed by atoms with van der Waals surface area (Å²) in [6.07, 6.45) is 2.19. The largest absolute Gasteiger partial charge is 0.493 e. The van der Waals surface area contributed by atoms with Crippen LogP contribution in [0.25, 0.3) is 0 Å². The van der Waals surface area contributed by atoms with E-state index >= 15 is 0 Å². The molecule has 1 N–H and O–H groups in total. The zero-order valence-electron chi connectivity index (χ0n) is 11.8. The van der Waals surface area contributed by atoms with Crippen LogP contribution in [-0.2, 0) is 6.42 Å². The molecule has 2 nitrogen and oxygen atoms in total. The number of hydrogen-bond donors (Lipinski definition) is 1. The molecule has 0 saturated carbocycles. The lowest BCUT2D eigenvalue weighted by Crippen LogP contribution is -2.38. The maximum Gasteiger partial charge on any atom is 0.122 e. The molecule has 0 fully saturated rings. The number of benzene rings is 1. The SMILES string of the molecule is CCNC(Cc1ccsc1)C1CCOc2ccccc21. The van der Waals surface area contributed by atoms with Gasteiger partial charge in [-0.1, -0.05) is 25.1 Å². The van der Waals surface area contributed by atoms with E-state index in [0.29, 0.717) is 12.0 Å². The highest BCUT2D eigenvalue weighted by Crippen LogP contribution is 2.36. The van der Waals surface area contributed by atoms with Crippen LogP contribution in [0.15, 0.2) is 41.1 Å². The van der Waals surface area contributed by atoms with E-state index in [0.717, 1.165) is 31.7 Å². The van der Waals surface area contributed by atoms with E-state index in [2.05, 4.69) is 53.3 Å². The molecule has 0 aliphatic carbocycles. The molecule has 1 aromatic heterocycles. The van der Waals surface area contributed by atoms with Crippen molar-refractivity contribution in [1.82, 2.24) is 5.32 Å². The van der Waals surface area contributed by atoms with Gasteiger partial charge in [0.2, 0.25) is 0 Å². The van der Waals surface area contributed by atoms with Gasteiger partial charge in [-0.05, 0) is 53.4 Å². The van der Waals surface area contributed by atoms with Crippen LogP contribution in [-0.4, -0.2) is 19.2 Å². The Morgan fingerprint density at radius 1 is 1.35 bits per heavy atom. The van der Waals surface area contributed by atoms with E-state index < -0.39 is 0 Å². The van der Waals surface area contributed by atoms with Crippen molar-refractivity contribution in [2.45, 2.75) is 31.7 Å². The Kier molecular flexibility index (Phi) is 4.38. The number of ether oxygens (including phenoxy) is 1. The third-order valence-corrected chi connectivity index (χ3v) is 4.72. The zero-order valence-corrected chi connectivity index (χ0v) is 12.7. The number of thiophene rings is 1. The molecule has 1 aliphatic rings. The maximum absolute atomic E-state index is 5.79. The van der Waals surface area contributed by atoms with E-state index in [1.807, 2.05) is 0 Å². The second-order valence-corrected chi connectivity index (χ2v) is 6.06. The second-order valence-electron chi connectivity index (χ2n) is 5.28. The maximum atomic E-state index is 5.79. The van der Waals surface area contributed by atoms with Crippen LogP contribution >= 0.6 is 11.3 Å². The lowest BCUT2D eigenvalue weighted by molar-refractivity contribution is 0.245. The van der Waals surface area contributed by atoms with E-state index in [-0.39, 0.29) is 0 Å². The summed E-state index contributed by atoms with van der Waals surface area (Å²) in [5.74, 6) is 1.61. The third kappa shape index (κ3) is 2.89. The lowest BCUT2D eigenvalue weighted by Gasteiger charge is -2.33. The van der Waals surface area contributed by atoms with Crippen molar-refractivity contribution >= 4 is 11.3 Å². The van der Waals surface area contributed by atoms with Crippen LogP contribution in [0, 0.1) is 0 Å². The molecule has 2 unspecified atom stereocenters. The summed E-state index contributed by atoms with van der Waals surface area (Å²) in [6.45, 7) is 4.02. The number of hydrogen-bond acceptors (Lipinski definition) is 3. The van der Waals surface area contributed by atoms with E-state index in [1.54, 1.807) is 11.3 Å². The molecular formula is C17H21NOS. The summed E-state index contributed by atoms with van der Waals surface area (Å²) >= 11 is 1.78. The number of likely N-dealkylation sites (N-methyl/N-ethyl adjacent to an activating group) is 1. The lowest BCUT2D eigenvalue weighted by atomic mass is 9.84. The standard InChI is InChI=1S/C17H21NOS/c1-2-18-16(11-13-8-10-20-12-13)14-7-9-19-17-6-4-3-5-15(14)17/h3-6,8,10,12,14,16,18H,2,7,9,11H2,1H3. The Morgan fingerprint density at radius 3 is 3.05 bits per heavy atom. The van der Waals surface area contributed by atoms with Crippen LogP contribution in [0.3, 0.4) is 0 Å². The van der Waals surface area contributed by atoms with Crippen molar-refractivity contribution in [2.24, 2.45) is 0 Å². The molecule has 0 radical (unpaired) electrons. The van der Waals surface area contributed by atoms with E-state index in [1.165, 1.54) is 11.1 Å². The molecular weight excluding hydrogens is 266 g/mol. The molecule has 2 atom stereocenters. The van der Waals surface area contributed by atoms with Gasteiger partial charge in [-0.25, -0.2) is 0 Å². The Bertz CT molecular complexity index is 538. The number of para-hydroxylation sites is 1. The van der Waals surface area contributed by atoms with Gasteiger partial charge in [0.15, 0.2) is 0 Å². The summed E-state index contributed by atoms with van der Waals surface area (Å²) in [4.78, 5) is 0. The van der Waals surface area contributed by atoms with Gasteiger partial charge in [0.05, 0.1) is 6.61 Å². The summed E-state index contributed by atoms with van der Waals surface area (Å²) in [5, 5.41) is 8.10. The monoisotopic (exact) mass is 287 g/mol. The van der Waals surface area contributed by atoms with Crippen molar-refractivity contribution < 1.29 is 4.74 Å². The molecule has 0 saturated heterocycles. The fourth-order valence-electron chi connectivity index (χ4n) is 3.07. The molecule has 2 aromatic rings. The minimum absolute atomic E-state index is 0.486. The Hall–Kier alpha value is -1.32. The zero-order chi connectivity index (χ0) is 13.8. The second kappa shape index (κ2) is 6.42. The van der Waals surface area contributed by atoms with Crippen LogP contribution < -0.4 is 10.1 Å². The van der Waals surface area contributed by atoms with Gasteiger partial charge in [-0.2, -0.15) is 11.3 Å². The number of nitrogens with one attached hydrogen (secondary N) is 1. The van der Waals surface area contributed by atoms with Crippen LogP contribution in [0.2, 0.25) is 0 Å². The van der Waals surface area contributed by atoms with E-state index in [4.69, 9.17) is 4.74 Å².